The Kier molecular flexibility index (Phi) is 3.86. The monoisotopic (exact) mass is 225 g/mol. The number of nitrogens with one attached hydrogen (secondary N) is 1. The summed E-state index contributed by atoms with van der Waals surface area (Å²) in [6, 6.07) is 5.32. The molecule has 0 saturated heterocycles. The lowest BCUT2D eigenvalue weighted by Crippen LogP contribution is -2.15. The molecule has 0 unspecified atom stereocenters. The smallest absolute Gasteiger partial charge is 0.231 e. The lowest BCUT2D eigenvalue weighted by Gasteiger charge is -2.06. The van der Waals surface area contributed by atoms with Crippen LogP contribution in [0.1, 0.15) is 18.9 Å². The zero-order chi connectivity index (χ0) is 11.4. The molecule has 0 fully saturated rings. The standard InChI is InChI=1S/C11H12ClNO2/c1-7-3-4-9(12)10(5-7)13-11(15)6-8(2)14/h3-5H,6H2,1-2H3,(H,13,15). The summed E-state index contributed by atoms with van der Waals surface area (Å²) in [6.45, 7) is 3.27. The first kappa shape index (κ1) is 11.7. The average molecular weight is 226 g/mol. The van der Waals surface area contributed by atoms with E-state index in [1.165, 1.54) is 6.92 Å². The predicted molar refractivity (Wildman–Crippen MR) is 60.1 cm³/mol. The van der Waals surface area contributed by atoms with Gasteiger partial charge in [-0.3, -0.25) is 9.59 Å². The second-order valence-corrected chi connectivity index (χ2v) is 3.82. The Bertz CT molecular complexity index is 402. The normalized spacial score (nSPS) is 9.80. The van der Waals surface area contributed by atoms with Crippen molar-refractivity contribution in [1.82, 2.24) is 0 Å². The van der Waals surface area contributed by atoms with Gasteiger partial charge in [-0.2, -0.15) is 0 Å². The highest BCUT2D eigenvalue weighted by atomic mass is 35.5. The highest BCUT2D eigenvalue weighted by Gasteiger charge is 2.07. The summed E-state index contributed by atoms with van der Waals surface area (Å²) in [5, 5.41) is 3.06. The second kappa shape index (κ2) is 4.94. The molecule has 0 saturated carbocycles. The van der Waals surface area contributed by atoms with Crippen molar-refractivity contribution in [2.45, 2.75) is 20.3 Å². The van der Waals surface area contributed by atoms with Crippen molar-refractivity contribution in [1.29, 1.82) is 0 Å². The van der Waals surface area contributed by atoms with E-state index in [-0.39, 0.29) is 18.1 Å². The molecule has 1 aromatic rings. The lowest BCUT2D eigenvalue weighted by molar-refractivity contribution is -0.124. The van der Waals surface area contributed by atoms with Crippen LogP contribution in [0.15, 0.2) is 18.2 Å². The van der Waals surface area contributed by atoms with E-state index in [9.17, 15) is 9.59 Å². The van der Waals surface area contributed by atoms with Gasteiger partial charge in [-0.15, -0.1) is 0 Å². The summed E-state index contributed by atoms with van der Waals surface area (Å²) in [7, 11) is 0. The van der Waals surface area contributed by atoms with Crippen LogP contribution in [0.2, 0.25) is 5.02 Å². The molecule has 1 amide bonds. The highest BCUT2D eigenvalue weighted by Crippen LogP contribution is 2.22. The van der Waals surface area contributed by atoms with Gasteiger partial charge in [0.05, 0.1) is 17.1 Å². The van der Waals surface area contributed by atoms with Gasteiger partial charge < -0.3 is 5.32 Å². The molecule has 15 heavy (non-hydrogen) atoms. The molecule has 0 spiro atoms. The summed E-state index contributed by atoms with van der Waals surface area (Å²) in [5.74, 6) is -0.508. The first-order chi connectivity index (χ1) is 6.99. The van der Waals surface area contributed by atoms with Crippen LogP contribution in [0, 0.1) is 6.92 Å². The van der Waals surface area contributed by atoms with Crippen LogP contribution in [0.3, 0.4) is 0 Å². The van der Waals surface area contributed by atoms with Crippen LogP contribution in [0.5, 0.6) is 0 Å². The topological polar surface area (TPSA) is 46.2 Å². The molecule has 3 nitrogen and oxygen atoms in total. The Balaban J connectivity index is 2.76. The fourth-order valence-corrected chi connectivity index (χ4v) is 1.32. The van der Waals surface area contributed by atoms with Gasteiger partial charge in [-0.25, -0.2) is 0 Å². The SMILES string of the molecule is CC(=O)CC(=O)Nc1cc(C)ccc1Cl. The number of rotatable bonds is 3. The van der Waals surface area contributed by atoms with E-state index in [4.69, 9.17) is 11.6 Å². The third-order valence-electron chi connectivity index (χ3n) is 1.81. The molecule has 0 aliphatic heterocycles. The maximum absolute atomic E-state index is 11.3. The van der Waals surface area contributed by atoms with Crippen molar-refractivity contribution < 1.29 is 9.59 Å². The average Bonchev–Trinajstić information content (AvgIpc) is 2.10. The van der Waals surface area contributed by atoms with Gasteiger partial charge in [0.1, 0.15) is 5.78 Å². The van der Waals surface area contributed by atoms with Crippen molar-refractivity contribution in [2.24, 2.45) is 0 Å². The molecule has 1 N–H and O–H groups in total. The van der Waals surface area contributed by atoms with Crippen molar-refractivity contribution in [3.8, 4) is 0 Å². The van der Waals surface area contributed by atoms with Crippen LogP contribution in [0.25, 0.3) is 0 Å². The Hall–Kier alpha value is -1.35. The quantitative estimate of drug-likeness (QED) is 0.804. The highest BCUT2D eigenvalue weighted by molar-refractivity contribution is 6.33. The van der Waals surface area contributed by atoms with Crippen LogP contribution in [-0.4, -0.2) is 11.7 Å². The number of hydrogen-bond donors (Lipinski definition) is 1. The number of Topliss-reactive ketones (excluding diaryl/α,β-unsaturated/α-hetero) is 1. The number of amides is 1. The zero-order valence-electron chi connectivity index (χ0n) is 8.63. The summed E-state index contributed by atoms with van der Waals surface area (Å²) in [6.07, 6.45) is -0.121. The van der Waals surface area contributed by atoms with Crippen LogP contribution in [-0.2, 0) is 9.59 Å². The largest absolute Gasteiger partial charge is 0.324 e. The maximum Gasteiger partial charge on any atom is 0.231 e. The number of benzene rings is 1. The van der Waals surface area contributed by atoms with Crippen molar-refractivity contribution in [2.75, 3.05) is 5.32 Å². The minimum absolute atomic E-state index is 0.121. The zero-order valence-corrected chi connectivity index (χ0v) is 9.39. The van der Waals surface area contributed by atoms with Gasteiger partial charge in [0, 0.05) is 0 Å². The predicted octanol–water partition coefficient (Wildman–Crippen LogP) is 2.57. The number of ketones is 1. The molecule has 0 aliphatic rings. The first-order valence-corrected chi connectivity index (χ1v) is 4.92. The lowest BCUT2D eigenvalue weighted by atomic mass is 10.2. The van der Waals surface area contributed by atoms with Gasteiger partial charge in [-0.1, -0.05) is 17.7 Å². The van der Waals surface area contributed by atoms with E-state index in [0.29, 0.717) is 10.7 Å². The summed E-state index contributed by atoms with van der Waals surface area (Å²) < 4.78 is 0. The third-order valence-corrected chi connectivity index (χ3v) is 2.14. The van der Waals surface area contributed by atoms with Crippen molar-refractivity contribution in [3.63, 3.8) is 0 Å². The van der Waals surface area contributed by atoms with Gasteiger partial charge in [0.15, 0.2) is 0 Å². The molecule has 1 aromatic carbocycles. The van der Waals surface area contributed by atoms with E-state index in [0.717, 1.165) is 5.56 Å². The van der Waals surface area contributed by atoms with E-state index in [1.807, 2.05) is 13.0 Å². The second-order valence-electron chi connectivity index (χ2n) is 3.41. The number of aryl methyl sites for hydroxylation is 1. The number of hydrogen-bond acceptors (Lipinski definition) is 2. The van der Waals surface area contributed by atoms with Gasteiger partial charge in [-0.05, 0) is 31.5 Å². The fraction of sp³-hybridized carbons (Fsp3) is 0.273. The van der Waals surface area contributed by atoms with Gasteiger partial charge in [0.2, 0.25) is 5.91 Å². The minimum Gasteiger partial charge on any atom is -0.324 e. The Morgan fingerprint density at radius 2 is 2.07 bits per heavy atom. The molecule has 0 aliphatic carbocycles. The summed E-state index contributed by atoms with van der Waals surface area (Å²) >= 11 is 5.88. The van der Waals surface area contributed by atoms with Gasteiger partial charge >= 0.3 is 0 Å². The molecule has 0 bridgehead atoms. The van der Waals surface area contributed by atoms with Gasteiger partial charge in [0.25, 0.3) is 0 Å². The first-order valence-electron chi connectivity index (χ1n) is 4.54. The molecule has 0 heterocycles. The molecular formula is C11H12ClNO2. The van der Waals surface area contributed by atoms with E-state index in [2.05, 4.69) is 5.32 Å². The van der Waals surface area contributed by atoms with E-state index in [1.54, 1.807) is 12.1 Å². The minimum atomic E-state index is -0.338. The summed E-state index contributed by atoms with van der Waals surface area (Å²) in [5.41, 5.74) is 1.54. The number of halogens is 1. The van der Waals surface area contributed by atoms with E-state index < -0.39 is 0 Å². The Labute approximate surface area is 93.4 Å². The van der Waals surface area contributed by atoms with Crippen molar-refractivity contribution in [3.05, 3.63) is 28.8 Å². The molecule has 80 valence electrons. The number of anilines is 1. The maximum atomic E-state index is 11.3. The molecule has 0 radical (unpaired) electrons. The molecule has 4 heteroatoms. The third kappa shape index (κ3) is 3.72. The van der Waals surface area contributed by atoms with Crippen LogP contribution < -0.4 is 5.32 Å². The fourth-order valence-electron chi connectivity index (χ4n) is 1.16. The molecule has 0 atom stereocenters. The van der Waals surface area contributed by atoms with Crippen LogP contribution >= 0.6 is 11.6 Å². The Morgan fingerprint density at radius 1 is 1.40 bits per heavy atom. The molecule has 0 aromatic heterocycles. The van der Waals surface area contributed by atoms with Crippen LogP contribution in [0.4, 0.5) is 5.69 Å². The van der Waals surface area contributed by atoms with E-state index >= 15 is 0 Å². The number of carbonyl (C=O) groups is 2. The summed E-state index contributed by atoms with van der Waals surface area (Å²) in [4.78, 5) is 22.0. The molecule has 1 rings (SSSR count). The van der Waals surface area contributed by atoms with Crippen molar-refractivity contribution >= 4 is 29.0 Å². The number of carbonyl (C=O) groups excluding carboxylic acids is 2. The molecular weight excluding hydrogens is 214 g/mol. The Morgan fingerprint density at radius 3 is 2.67 bits per heavy atom.